The number of carbonyl (C=O) groups excluding carboxylic acids is 1. The van der Waals surface area contributed by atoms with Crippen LogP contribution in [0.5, 0.6) is 0 Å². The highest BCUT2D eigenvalue weighted by Crippen LogP contribution is 2.59. The molecule has 5 heteroatoms. The van der Waals surface area contributed by atoms with Crippen LogP contribution in [-0.4, -0.2) is 35.0 Å². The first-order valence-corrected chi connectivity index (χ1v) is 8.00. The molecule has 21 heavy (non-hydrogen) atoms. The van der Waals surface area contributed by atoms with Crippen molar-refractivity contribution >= 4 is 27.8 Å². The fourth-order valence-electron chi connectivity index (χ4n) is 3.40. The zero-order valence-electron chi connectivity index (χ0n) is 11.9. The molecule has 1 saturated carbocycles. The quantitative estimate of drug-likeness (QED) is 0.890. The zero-order valence-corrected chi connectivity index (χ0v) is 13.5. The van der Waals surface area contributed by atoms with Crippen LogP contribution in [-0.2, 0) is 4.79 Å². The molecule has 1 aliphatic carbocycles. The van der Waals surface area contributed by atoms with E-state index in [2.05, 4.69) is 15.9 Å². The minimum Gasteiger partial charge on any atom is -0.481 e. The number of benzene rings is 1. The summed E-state index contributed by atoms with van der Waals surface area (Å²) in [5.41, 5.74) is 1.67. The molecule has 1 aromatic rings. The lowest BCUT2D eigenvalue weighted by atomic mass is 9.90. The molecule has 0 aromatic heterocycles. The molecule has 1 aromatic carbocycles. The molecule has 2 fully saturated rings. The van der Waals surface area contributed by atoms with Gasteiger partial charge in [0.05, 0.1) is 5.92 Å². The molecule has 1 heterocycles. The molecule has 1 unspecified atom stereocenters. The SMILES string of the molecule is Cc1ccc(Br)cc1C(=O)N1CCC2(CC1)CC2C(=O)O. The molecular formula is C16H18BrNO3. The van der Waals surface area contributed by atoms with Crippen LogP contribution in [0.1, 0.15) is 35.2 Å². The van der Waals surface area contributed by atoms with E-state index >= 15 is 0 Å². The van der Waals surface area contributed by atoms with Gasteiger partial charge in [0.1, 0.15) is 0 Å². The highest BCUT2D eigenvalue weighted by atomic mass is 79.9. The number of hydrogen-bond acceptors (Lipinski definition) is 2. The van der Waals surface area contributed by atoms with Gasteiger partial charge in [-0.15, -0.1) is 0 Å². The third kappa shape index (κ3) is 2.59. The maximum Gasteiger partial charge on any atom is 0.307 e. The summed E-state index contributed by atoms with van der Waals surface area (Å²) >= 11 is 3.40. The lowest BCUT2D eigenvalue weighted by molar-refractivity contribution is -0.139. The number of carboxylic acid groups (broad SMARTS) is 1. The topological polar surface area (TPSA) is 57.6 Å². The van der Waals surface area contributed by atoms with Gasteiger partial charge in [-0.1, -0.05) is 22.0 Å². The second kappa shape index (κ2) is 5.13. The van der Waals surface area contributed by atoms with E-state index in [0.717, 1.165) is 34.9 Å². The second-order valence-corrected chi connectivity index (χ2v) is 7.12. The third-order valence-electron chi connectivity index (χ3n) is 4.96. The van der Waals surface area contributed by atoms with Gasteiger partial charge < -0.3 is 10.0 Å². The number of amides is 1. The van der Waals surface area contributed by atoms with E-state index in [1.165, 1.54) is 0 Å². The Bertz CT molecular complexity index is 606. The Labute approximate surface area is 132 Å². The summed E-state index contributed by atoms with van der Waals surface area (Å²) < 4.78 is 0.901. The van der Waals surface area contributed by atoms with Crippen molar-refractivity contribution in [3.8, 4) is 0 Å². The maximum atomic E-state index is 12.6. The molecule has 0 radical (unpaired) electrons. The third-order valence-corrected chi connectivity index (χ3v) is 5.46. The maximum absolute atomic E-state index is 12.6. The highest BCUT2D eigenvalue weighted by molar-refractivity contribution is 9.10. The van der Waals surface area contributed by atoms with Crippen LogP contribution in [0.2, 0.25) is 0 Å². The van der Waals surface area contributed by atoms with E-state index in [1.807, 2.05) is 30.0 Å². The average molecular weight is 352 g/mol. The number of likely N-dealkylation sites (tertiary alicyclic amines) is 1. The molecule has 4 nitrogen and oxygen atoms in total. The summed E-state index contributed by atoms with van der Waals surface area (Å²) in [6, 6.07) is 5.72. The lowest BCUT2D eigenvalue weighted by Gasteiger charge is -2.33. The smallest absolute Gasteiger partial charge is 0.307 e. The number of carboxylic acids is 1. The van der Waals surface area contributed by atoms with Crippen molar-refractivity contribution in [2.75, 3.05) is 13.1 Å². The Morgan fingerprint density at radius 1 is 1.33 bits per heavy atom. The number of hydrogen-bond donors (Lipinski definition) is 1. The van der Waals surface area contributed by atoms with Crippen LogP contribution in [0, 0.1) is 18.3 Å². The number of aryl methyl sites for hydroxylation is 1. The summed E-state index contributed by atoms with van der Waals surface area (Å²) in [4.78, 5) is 25.5. The van der Waals surface area contributed by atoms with E-state index in [-0.39, 0.29) is 17.2 Å². The first-order chi connectivity index (χ1) is 9.93. The fraction of sp³-hybridized carbons (Fsp3) is 0.500. The van der Waals surface area contributed by atoms with Crippen LogP contribution >= 0.6 is 15.9 Å². The predicted octanol–water partition coefficient (Wildman–Crippen LogP) is 3.08. The highest BCUT2D eigenvalue weighted by Gasteiger charge is 2.59. The van der Waals surface area contributed by atoms with Gasteiger partial charge in [-0.2, -0.15) is 0 Å². The first kappa shape index (κ1) is 14.6. The Morgan fingerprint density at radius 2 is 2.00 bits per heavy atom. The van der Waals surface area contributed by atoms with Crippen LogP contribution in [0.3, 0.4) is 0 Å². The molecule has 1 spiro atoms. The van der Waals surface area contributed by atoms with Gasteiger partial charge in [0.15, 0.2) is 0 Å². The first-order valence-electron chi connectivity index (χ1n) is 7.21. The van der Waals surface area contributed by atoms with Gasteiger partial charge in [0.2, 0.25) is 0 Å². The zero-order chi connectivity index (χ0) is 15.2. The molecule has 2 aliphatic rings. The van der Waals surface area contributed by atoms with Crippen LogP contribution in [0.15, 0.2) is 22.7 Å². The van der Waals surface area contributed by atoms with Gasteiger partial charge in [-0.05, 0) is 49.3 Å². The average Bonchev–Trinajstić information content (AvgIpc) is 3.16. The molecule has 1 amide bonds. The van der Waals surface area contributed by atoms with Crippen molar-refractivity contribution < 1.29 is 14.7 Å². The van der Waals surface area contributed by atoms with E-state index < -0.39 is 5.97 Å². The Morgan fingerprint density at radius 3 is 2.57 bits per heavy atom. The van der Waals surface area contributed by atoms with Crippen molar-refractivity contribution in [2.45, 2.75) is 26.2 Å². The van der Waals surface area contributed by atoms with Crippen LogP contribution in [0.25, 0.3) is 0 Å². The molecule has 1 N–H and O–H groups in total. The number of piperidine rings is 1. The summed E-state index contributed by atoms with van der Waals surface area (Å²) in [5.74, 6) is -0.823. The molecule has 3 rings (SSSR count). The number of carbonyl (C=O) groups is 2. The standard InChI is InChI=1S/C16H18BrNO3/c1-10-2-3-11(17)8-12(10)14(19)18-6-4-16(5-7-18)9-13(16)15(20)21/h2-3,8,13H,4-7,9H2,1H3,(H,20,21). The second-order valence-electron chi connectivity index (χ2n) is 6.21. The van der Waals surface area contributed by atoms with Gasteiger partial charge in [-0.25, -0.2) is 0 Å². The van der Waals surface area contributed by atoms with Gasteiger partial charge in [0, 0.05) is 23.1 Å². The van der Waals surface area contributed by atoms with Gasteiger partial charge in [-0.3, -0.25) is 9.59 Å². The summed E-state index contributed by atoms with van der Waals surface area (Å²) in [6.45, 7) is 3.26. The minimum atomic E-state index is -0.683. The summed E-state index contributed by atoms with van der Waals surface area (Å²) in [6.07, 6.45) is 2.39. The van der Waals surface area contributed by atoms with E-state index in [0.29, 0.717) is 13.1 Å². The van der Waals surface area contributed by atoms with Crippen molar-refractivity contribution in [1.82, 2.24) is 4.90 Å². The molecular weight excluding hydrogens is 334 g/mol. The molecule has 112 valence electrons. The number of aliphatic carboxylic acids is 1. The van der Waals surface area contributed by atoms with Crippen molar-refractivity contribution in [3.63, 3.8) is 0 Å². The molecule has 1 aliphatic heterocycles. The monoisotopic (exact) mass is 351 g/mol. The van der Waals surface area contributed by atoms with E-state index in [1.54, 1.807) is 0 Å². The van der Waals surface area contributed by atoms with Crippen LogP contribution < -0.4 is 0 Å². The van der Waals surface area contributed by atoms with Crippen LogP contribution in [0.4, 0.5) is 0 Å². The molecule has 0 bridgehead atoms. The van der Waals surface area contributed by atoms with Gasteiger partial charge >= 0.3 is 5.97 Å². The Hall–Kier alpha value is -1.36. The molecule has 1 saturated heterocycles. The van der Waals surface area contributed by atoms with E-state index in [4.69, 9.17) is 5.11 Å². The Kier molecular flexibility index (Phi) is 3.56. The normalized spacial score (nSPS) is 23.1. The van der Waals surface area contributed by atoms with Crippen molar-refractivity contribution in [2.24, 2.45) is 11.3 Å². The summed E-state index contributed by atoms with van der Waals surface area (Å²) in [5, 5.41) is 9.10. The number of rotatable bonds is 2. The van der Waals surface area contributed by atoms with E-state index in [9.17, 15) is 9.59 Å². The summed E-state index contributed by atoms with van der Waals surface area (Å²) in [7, 11) is 0. The minimum absolute atomic E-state index is 0.0328. The lowest BCUT2D eigenvalue weighted by Crippen LogP contribution is -2.40. The van der Waals surface area contributed by atoms with Crippen molar-refractivity contribution in [1.29, 1.82) is 0 Å². The van der Waals surface area contributed by atoms with Crippen molar-refractivity contribution in [3.05, 3.63) is 33.8 Å². The predicted molar refractivity (Wildman–Crippen MR) is 82.2 cm³/mol. The molecule has 1 atom stereocenters. The van der Waals surface area contributed by atoms with Gasteiger partial charge in [0.25, 0.3) is 5.91 Å². The largest absolute Gasteiger partial charge is 0.481 e. The number of halogens is 1. The number of nitrogens with zero attached hydrogens (tertiary/aromatic N) is 1. The fourth-order valence-corrected chi connectivity index (χ4v) is 3.76. The Balaban J connectivity index is 1.69.